The summed E-state index contributed by atoms with van der Waals surface area (Å²) in [5, 5.41) is 0. The van der Waals surface area contributed by atoms with Gasteiger partial charge in [-0.3, -0.25) is 0 Å². The van der Waals surface area contributed by atoms with Crippen LogP contribution in [-0.2, 0) is 4.74 Å². The lowest BCUT2D eigenvalue weighted by Gasteiger charge is -2.05. The molecular weight excluding hydrogens is 246 g/mol. The molecule has 0 aliphatic carbocycles. The van der Waals surface area contributed by atoms with E-state index in [-0.39, 0.29) is 11.8 Å². The maximum atomic E-state index is 11.4. The SMILES string of the molecule is CCOC(=O)c1coc(Oc2ccc(C)cc2C)n1. The molecule has 0 unspecified atom stereocenters. The predicted molar refractivity (Wildman–Crippen MR) is 68.4 cm³/mol. The lowest BCUT2D eigenvalue weighted by molar-refractivity contribution is 0.0519. The maximum Gasteiger partial charge on any atom is 0.399 e. The zero-order valence-corrected chi connectivity index (χ0v) is 11.1. The van der Waals surface area contributed by atoms with Gasteiger partial charge in [-0.2, -0.15) is 4.98 Å². The Morgan fingerprint density at radius 1 is 1.37 bits per heavy atom. The van der Waals surface area contributed by atoms with E-state index in [4.69, 9.17) is 13.9 Å². The Kier molecular flexibility index (Phi) is 3.85. The van der Waals surface area contributed by atoms with E-state index in [9.17, 15) is 4.79 Å². The normalized spacial score (nSPS) is 10.3. The van der Waals surface area contributed by atoms with Crippen LogP contribution in [0.15, 0.2) is 28.9 Å². The highest BCUT2D eigenvalue weighted by Gasteiger charge is 2.15. The van der Waals surface area contributed by atoms with Gasteiger partial charge in [0.1, 0.15) is 12.0 Å². The highest BCUT2D eigenvalue weighted by atomic mass is 16.6. The second-order valence-electron chi connectivity index (χ2n) is 4.09. The number of hydrogen-bond donors (Lipinski definition) is 0. The minimum Gasteiger partial charge on any atom is -0.461 e. The molecule has 0 saturated heterocycles. The van der Waals surface area contributed by atoms with Gasteiger partial charge in [-0.05, 0) is 32.4 Å². The van der Waals surface area contributed by atoms with Gasteiger partial charge in [0.25, 0.3) is 0 Å². The lowest BCUT2D eigenvalue weighted by Crippen LogP contribution is -2.04. The van der Waals surface area contributed by atoms with Crippen molar-refractivity contribution in [3.8, 4) is 11.8 Å². The van der Waals surface area contributed by atoms with Crippen molar-refractivity contribution >= 4 is 5.97 Å². The molecule has 19 heavy (non-hydrogen) atoms. The van der Waals surface area contributed by atoms with Gasteiger partial charge in [-0.15, -0.1) is 0 Å². The van der Waals surface area contributed by atoms with Crippen LogP contribution in [0.1, 0.15) is 28.5 Å². The Morgan fingerprint density at radius 3 is 2.84 bits per heavy atom. The first-order valence-electron chi connectivity index (χ1n) is 5.98. The highest BCUT2D eigenvalue weighted by Crippen LogP contribution is 2.25. The van der Waals surface area contributed by atoms with Crippen LogP contribution in [0.4, 0.5) is 0 Å². The third kappa shape index (κ3) is 3.13. The van der Waals surface area contributed by atoms with Gasteiger partial charge in [0.05, 0.1) is 6.61 Å². The van der Waals surface area contributed by atoms with Crippen LogP contribution in [0, 0.1) is 13.8 Å². The smallest absolute Gasteiger partial charge is 0.399 e. The number of aromatic nitrogens is 1. The number of rotatable bonds is 4. The Bertz CT molecular complexity index is 589. The fourth-order valence-corrected chi connectivity index (χ4v) is 1.61. The molecule has 1 aromatic heterocycles. The molecule has 0 amide bonds. The quantitative estimate of drug-likeness (QED) is 0.790. The first-order chi connectivity index (χ1) is 9.10. The van der Waals surface area contributed by atoms with E-state index in [1.165, 1.54) is 6.26 Å². The third-order valence-corrected chi connectivity index (χ3v) is 2.50. The summed E-state index contributed by atoms with van der Waals surface area (Å²) >= 11 is 0. The summed E-state index contributed by atoms with van der Waals surface area (Å²) in [6.45, 7) is 5.95. The lowest BCUT2D eigenvalue weighted by atomic mass is 10.1. The van der Waals surface area contributed by atoms with Gasteiger partial charge in [0, 0.05) is 0 Å². The molecule has 0 aliphatic rings. The highest BCUT2D eigenvalue weighted by molar-refractivity contribution is 5.86. The molecule has 0 fully saturated rings. The average molecular weight is 261 g/mol. The molecule has 1 aromatic carbocycles. The van der Waals surface area contributed by atoms with Crippen LogP contribution < -0.4 is 4.74 Å². The zero-order chi connectivity index (χ0) is 13.8. The van der Waals surface area contributed by atoms with E-state index >= 15 is 0 Å². The van der Waals surface area contributed by atoms with Gasteiger partial charge in [0.2, 0.25) is 0 Å². The number of ether oxygens (including phenoxy) is 2. The molecule has 0 atom stereocenters. The summed E-state index contributed by atoms with van der Waals surface area (Å²) in [6.07, 6.45) is 1.24. The van der Waals surface area contributed by atoms with Gasteiger partial charge in [-0.1, -0.05) is 17.7 Å². The standard InChI is InChI=1S/C14H15NO4/c1-4-17-13(16)11-8-18-14(15-11)19-12-6-5-9(2)7-10(12)3/h5-8H,4H2,1-3H3. The van der Waals surface area contributed by atoms with Crippen molar-refractivity contribution in [2.75, 3.05) is 6.61 Å². The minimum atomic E-state index is -0.526. The van der Waals surface area contributed by atoms with E-state index in [2.05, 4.69) is 4.98 Å². The monoisotopic (exact) mass is 261 g/mol. The number of carbonyl (C=O) groups excluding carboxylic acids is 1. The Morgan fingerprint density at radius 2 is 2.16 bits per heavy atom. The summed E-state index contributed by atoms with van der Waals surface area (Å²) in [6, 6.07) is 5.75. The van der Waals surface area contributed by atoms with Crippen LogP contribution in [0.2, 0.25) is 0 Å². The number of oxazole rings is 1. The van der Waals surface area contributed by atoms with Gasteiger partial charge in [-0.25, -0.2) is 4.79 Å². The van der Waals surface area contributed by atoms with Crippen molar-refractivity contribution in [1.82, 2.24) is 4.98 Å². The van der Waals surface area contributed by atoms with Gasteiger partial charge < -0.3 is 13.9 Å². The largest absolute Gasteiger partial charge is 0.461 e. The van der Waals surface area contributed by atoms with Crippen molar-refractivity contribution in [1.29, 1.82) is 0 Å². The molecule has 0 spiro atoms. The van der Waals surface area contributed by atoms with Crippen molar-refractivity contribution in [2.24, 2.45) is 0 Å². The van der Waals surface area contributed by atoms with Gasteiger partial charge in [0.15, 0.2) is 5.69 Å². The molecule has 5 nitrogen and oxygen atoms in total. The van der Waals surface area contributed by atoms with Gasteiger partial charge >= 0.3 is 12.0 Å². The summed E-state index contributed by atoms with van der Waals surface area (Å²) in [4.78, 5) is 15.3. The van der Waals surface area contributed by atoms with Crippen LogP contribution in [0.5, 0.6) is 11.8 Å². The number of carbonyl (C=O) groups is 1. The van der Waals surface area contributed by atoms with E-state index < -0.39 is 5.97 Å². The van der Waals surface area contributed by atoms with Crippen molar-refractivity contribution < 1.29 is 18.7 Å². The Hall–Kier alpha value is -2.30. The molecule has 0 aliphatic heterocycles. The van der Waals surface area contributed by atoms with E-state index in [1.54, 1.807) is 6.92 Å². The molecule has 1 heterocycles. The fourth-order valence-electron chi connectivity index (χ4n) is 1.61. The molecule has 0 saturated carbocycles. The molecule has 0 N–H and O–H groups in total. The summed E-state index contributed by atoms with van der Waals surface area (Å²) in [5.74, 6) is 0.115. The van der Waals surface area contributed by atoms with E-state index in [0.717, 1.165) is 11.1 Å². The zero-order valence-electron chi connectivity index (χ0n) is 11.1. The Labute approximate surface area is 111 Å². The topological polar surface area (TPSA) is 61.6 Å². The molecule has 0 bridgehead atoms. The van der Waals surface area contributed by atoms with Crippen LogP contribution >= 0.6 is 0 Å². The number of benzene rings is 1. The first kappa shape index (κ1) is 13.1. The number of esters is 1. The molecular formula is C14H15NO4. The summed E-state index contributed by atoms with van der Waals surface area (Å²) in [5.41, 5.74) is 2.21. The van der Waals surface area contributed by atoms with Crippen molar-refractivity contribution in [2.45, 2.75) is 20.8 Å². The van der Waals surface area contributed by atoms with Crippen LogP contribution in [0.3, 0.4) is 0 Å². The number of nitrogens with zero attached hydrogens (tertiary/aromatic N) is 1. The van der Waals surface area contributed by atoms with Crippen LogP contribution in [-0.4, -0.2) is 17.6 Å². The van der Waals surface area contributed by atoms with E-state index in [1.807, 2.05) is 32.0 Å². The third-order valence-electron chi connectivity index (χ3n) is 2.50. The summed E-state index contributed by atoms with van der Waals surface area (Å²) in [7, 11) is 0. The molecule has 0 radical (unpaired) electrons. The van der Waals surface area contributed by atoms with Crippen LogP contribution in [0.25, 0.3) is 0 Å². The Balaban J connectivity index is 2.13. The van der Waals surface area contributed by atoms with Crippen molar-refractivity contribution in [3.63, 3.8) is 0 Å². The predicted octanol–water partition coefficient (Wildman–Crippen LogP) is 3.26. The molecule has 2 aromatic rings. The maximum absolute atomic E-state index is 11.4. The number of hydrogen-bond acceptors (Lipinski definition) is 5. The first-order valence-corrected chi connectivity index (χ1v) is 5.98. The van der Waals surface area contributed by atoms with Crippen molar-refractivity contribution in [3.05, 3.63) is 41.3 Å². The summed E-state index contributed by atoms with van der Waals surface area (Å²) < 4.78 is 15.4. The molecule has 2 rings (SSSR count). The molecule has 5 heteroatoms. The van der Waals surface area contributed by atoms with E-state index in [0.29, 0.717) is 12.4 Å². The fraction of sp³-hybridized carbons (Fsp3) is 0.286. The average Bonchev–Trinajstić information content (AvgIpc) is 2.82. The number of aryl methyl sites for hydroxylation is 2. The second kappa shape index (κ2) is 5.56. The minimum absolute atomic E-state index is 0.0232. The second-order valence-corrected chi connectivity index (χ2v) is 4.09. The molecule has 100 valence electrons.